The molecule has 0 bridgehead atoms. The third kappa shape index (κ3) is 10.1. The van der Waals surface area contributed by atoms with Gasteiger partial charge in [0.2, 0.25) is 0 Å². The molecular formula is C38H47N3O4. The molecular weight excluding hydrogens is 562 g/mol. The molecule has 3 aromatic carbocycles. The van der Waals surface area contributed by atoms with Crippen molar-refractivity contribution in [1.29, 1.82) is 0 Å². The zero-order valence-electron chi connectivity index (χ0n) is 26.8. The number of aryl methyl sites for hydroxylation is 1. The van der Waals surface area contributed by atoms with Crippen molar-refractivity contribution in [2.24, 2.45) is 0 Å². The molecule has 238 valence electrons. The molecule has 1 aromatic heterocycles. The molecule has 45 heavy (non-hydrogen) atoms. The molecule has 4 rings (SSSR count). The number of carboxylic acids is 1. The van der Waals surface area contributed by atoms with Crippen LogP contribution in [-0.2, 0) is 22.4 Å². The number of aromatic nitrogens is 2. The average molecular weight is 610 g/mol. The molecule has 1 heterocycles. The summed E-state index contributed by atoms with van der Waals surface area (Å²) in [7, 11) is 0. The van der Waals surface area contributed by atoms with Crippen molar-refractivity contribution in [3.8, 4) is 22.6 Å². The van der Waals surface area contributed by atoms with Gasteiger partial charge in [0.25, 0.3) is 5.89 Å². The second kappa shape index (κ2) is 17.9. The van der Waals surface area contributed by atoms with E-state index in [2.05, 4.69) is 41.3 Å². The number of carbonyl (C=O) groups excluding carboxylic acids is 1. The Kier molecular flexibility index (Phi) is 13.4. The molecule has 0 spiro atoms. The molecule has 7 heteroatoms. The van der Waals surface area contributed by atoms with Gasteiger partial charge in [0, 0.05) is 18.5 Å². The topological polar surface area (TPSA) is 96.5 Å². The van der Waals surface area contributed by atoms with Gasteiger partial charge in [-0.05, 0) is 53.6 Å². The quantitative estimate of drug-likeness (QED) is 0.0893. The van der Waals surface area contributed by atoms with Crippen molar-refractivity contribution < 1.29 is 19.2 Å². The molecule has 0 radical (unpaired) electrons. The first-order valence-corrected chi connectivity index (χ1v) is 16.6. The Bertz CT molecular complexity index is 1450. The smallest absolute Gasteiger partial charge is 0.394 e. The Morgan fingerprint density at radius 3 is 1.96 bits per heavy atom. The first kappa shape index (κ1) is 33.6. The lowest BCUT2D eigenvalue weighted by Gasteiger charge is -2.30. The summed E-state index contributed by atoms with van der Waals surface area (Å²) < 4.78 is 5.55. The van der Waals surface area contributed by atoms with E-state index in [4.69, 9.17) is 4.52 Å². The molecule has 4 aromatic rings. The van der Waals surface area contributed by atoms with Crippen LogP contribution < -0.4 is 0 Å². The second-order valence-corrected chi connectivity index (χ2v) is 11.8. The second-order valence-electron chi connectivity index (χ2n) is 11.8. The number of nitrogens with zero attached hydrogens (tertiary/aromatic N) is 3. The zero-order chi connectivity index (χ0) is 31.9. The molecule has 0 aliphatic rings. The molecule has 0 saturated carbocycles. The summed E-state index contributed by atoms with van der Waals surface area (Å²) in [5.41, 5.74) is 4.95. The maximum atomic E-state index is 12.9. The average Bonchev–Trinajstić information content (AvgIpc) is 3.55. The molecule has 0 aliphatic heterocycles. The molecule has 0 aliphatic carbocycles. The number of hydrogen-bond acceptors (Lipinski definition) is 5. The lowest BCUT2D eigenvalue weighted by Crippen LogP contribution is -2.40. The van der Waals surface area contributed by atoms with Gasteiger partial charge in [-0.25, -0.2) is 4.79 Å². The van der Waals surface area contributed by atoms with Crippen LogP contribution in [0.5, 0.6) is 0 Å². The fourth-order valence-corrected chi connectivity index (χ4v) is 5.82. The summed E-state index contributed by atoms with van der Waals surface area (Å²) >= 11 is 0. The standard InChI is InChI=1S/C38H47N3O4/c1-3-5-6-7-8-9-10-11-15-18-35-39-36(45-40-35)33-25-23-32(24-26-33)34(4-2)41(37(42)38(43)44)28-27-29-19-21-31(22-20-29)30-16-13-12-14-17-30/h12-14,16-17,19-26,34H,3-11,15,18,27-28H2,1-2H3,(H,43,44). The van der Waals surface area contributed by atoms with E-state index in [1.807, 2.05) is 61.5 Å². The first-order chi connectivity index (χ1) is 22.0. The van der Waals surface area contributed by atoms with Gasteiger partial charge in [-0.1, -0.05) is 137 Å². The van der Waals surface area contributed by atoms with Crippen molar-refractivity contribution >= 4 is 11.9 Å². The highest BCUT2D eigenvalue weighted by atomic mass is 16.5. The number of benzene rings is 3. The number of amides is 1. The van der Waals surface area contributed by atoms with Crippen LogP contribution in [0, 0.1) is 0 Å². The summed E-state index contributed by atoms with van der Waals surface area (Å²) in [4.78, 5) is 30.7. The van der Waals surface area contributed by atoms with E-state index >= 15 is 0 Å². The Morgan fingerprint density at radius 1 is 0.733 bits per heavy atom. The predicted octanol–water partition coefficient (Wildman–Crippen LogP) is 9.08. The molecule has 0 fully saturated rings. The maximum Gasteiger partial charge on any atom is 0.394 e. The van der Waals surface area contributed by atoms with Crippen LogP contribution in [0.25, 0.3) is 22.6 Å². The molecule has 0 saturated heterocycles. The van der Waals surface area contributed by atoms with Crippen molar-refractivity contribution in [3.63, 3.8) is 0 Å². The third-order valence-corrected chi connectivity index (χ3v) is 8.42. The Morgan fingerprint density at radius 2 is 1.33 bits per heavy atom. The van der Waals surface area contributed by atoms with Gasteiger partial charge in [0.15, 0.2) is 5.82 Å². The van der Waals surface area contributed by atoms with Gasteiger partial charge < -0.3 is 14.5 Å². The Labute approximate surface area is 267 Å². The van der Waals surface area contributed by atoms with E-state index in [-0.39, 0.29) is 6.04 Å². The highest BCUT2D eigenvalue weighted by molar-refractivity contribution is 6.31. The van der Waals surface area contributed by atoms with Gasteiger partial charge in [-0.2, -0.15) is 4.98 Å². The van der Waals surface area contributed by atoms with Crippen molar-refractivity contribution in [2.75, 3.05) is 6.54 Å². The Balaban J connectivity index is 1.33. The third-order valence-electron chi connectivity index (χ3n) is 8.42. The monoisotopic (exact) mass is 609 g/mol. The molecule has 7 nitrogen and oxygen atoms in total. The lowest BCUT2D eigenvalue weighted by atomic mass is 9.99. The minimum Gasteiger partial charge on any atom is -0.474 e. The van der Waals surface area contributed by atoms with Crippen LogP contribution >= 0.6 is 0 Å². The molecule has 1 N–H and O–H groups in total. The van der Waals surface area contributed by atoms with Gasteiger partial charge in [0.1, 0.15) is 0 Å². The van der Waals surface area contributed by atoms with E-state index in [1.165, 1.54) is 56.3 Å². The summed E-state index contributed by atoms with van der Waals surface area (Å²) in [5, 5.41) is 13.8. The van der Waals surface area contributed by atoms with Gasteiger partial charge in [-0.15, -0.1) is 0 Å². The van der Waals surface area contributed by atoms with Crippen molar-refractivity contribution in [2.45, 2.75) is 96.9 Å². The van der Waals surface area contributed by atoms with Gasteiger partial charge in [-0.3, -0.25) is 4.79 Å². The van der Waals surface area contributed by atoms with Crippen molar-refractivity contribution in [1.82, 2.24) is 15.0 Å². The summed E-state index contributed by atoms with van der Waals surface area (Å²) in [5.74, 6) is -1.16. The van der Waals surface area contributed by atoms with E-state index in [0.29, 0.717) is 25.3 Å². The predicted molar refractivity (Wildman–Crippen MR) is 179 cm³/mol. The molecule has 1 atom stereocenters. The number of carboxylic acid groups (broad SMARTS) is 1. The number of rotatable bonds is 18. The highest BCUT2D eigenvalue weighted by Gasteiger charge is 2.28. The van der Waals surface area contributed by atoms with Crippen LogP contribution in [0.1, 0.15) is 101 Å². The summed E-state index contributed by atoms with van der Waals surface area (Å²) in [6.07, 6.45) is 13.4. The number of carbonyl (C=O) groups is 2. The number of unbranched alkanes of at least 4 members (excludes halogenated alkanes) is 8. The summed E-state index contributed by atoms with van der Waals surface area (Å²) in [6, 6.07) is 25.6. The Hall–Kier alpha value is -4.26. The minimum absolute atomic E-state index is 0.294. The fraction of sp³-hybridized carbons (Fsp3) is 0.421. The van der Waals surface area contributed by atoms with E-state index in [1.54, 1.807) is 0 Å². The van der Waals surface area contributed by atoms with Gasteiger partial charge >= 0.3 is 11.9 Å². The molecule has 1 amide bonds. The number of aliphatic carboxylic acids is 1. The zero-order valence-corrected chi connectivity index (χ0v) is 26.8. The fourth-order valence-electron chi connectivity index (χ4n) is 5.82. The highest BCUT2D eigenvalue weighted by Crippen LogP contribution is 2.28. The van der Waals surface area contributed by atoms with Crippen LogP contribution in [-0.4, -0.2) is 38.6 Å². The van der Waals surface area contributed by atoms with Gasteiger partial charge in [0.05, 0.1) is 6.04 Å². The van der Waals surface area contributed by atoms with E-state index in [0.717, 1.165) is 46.5 Å². The normalized spacial score (nSPS) is 11.8. The number of hydrogen-bond donors (Lipinski definition) is 1. The van der Waals surface area contributed by atoms with Crippen LogP contribution in [0.4, 0.5) is 0 Å². The van der Waals surface area contributed by atoms with Crippen LogP contribution in [0.2, 0.25) is 0 Å². The van der Waals surface area contributed by atoms with Crippen LogP contribution in [0.3, 0.4) is 0 Å². The van der Waals surface area contributed by atoms with Crippen LogP contribution in [0.15, 0.2) is 83.4 Å². The van der Waals surface area contributed by atoms with E-state index in [9.17, 15) is 14.7 Å². The molecule has 1 unspecified atom stereocenters. The maximum absolute atomic E-state index is 12.9. The van der Waals surface area contributed by atoms with Crippen molar-refractivity contribution in [3.05, 3.63) is 95.8 Å². The lowest BCUT2D eigenvalue weighted by molar-refractivity contribution is -0.157. The van der Waals surface area contributed by atoms with E-state index < -0.39 is 11.9 Å². The largest absolute Gasteiger partial charge is 0.474 e. The SMILES string of the molecule is CCCCCCCCCCCc1noc(-c2ccc(C(CC)N(CCc3ccc(-c4ccccc4)cc3)C(=O)C(=O)O)cc2)n1. The minimum atomic E-state index is -1.45. The first-order valence-electron chi connectivity index (χ1n) is 16.6. The summed E-state index contributed by atoms with van der Waals surface area (Å²) in [6.45, 7) is 4.50.